The molecule has 0 amide bonds. The van der Waals surface area contributed by atoms with E-state index in [-0.39, 0.29) is 23.7 Å². The lowest BCUT2D eigenvalue weighted by Crippen LogP contribution is -2.30. The highest BCUT2D eigenvalue weighted by Crippen LogP contribution is 2.45. The normalized spacial score (nSPS) is 18.1. The number of nitrogens with one attached hydrogen (secondary N) is 1. The van der Waals surface area contributed by atoms with Gasteiger partial charge in [-0.1, -0.05) is 17.7 Å². The molecule has 1 saturated heterocycles. The number of pyridine rings is 1. The minimum Gasteiger partial charge on any atom is -0.506 e. The molecular weight excluding hydrogens is 447 g/mol. The van der Waals surface area contributed by atoms with Crippen LogP contribution in [0.4, 0.5) is 10.1 Å². The number of anilines is 1. The number of nitrogens with zero attached hydrogens (tertiary/aromatic N) is 3. The predicted molar refractivity (Wildman–Crippen MR) is 127 cm³/mol. The molecule has 0 aliphatic carbocycles. The molecule has 2 unspecified atom stereocenters. The highest BCUT2D eigenvalue weighted by Gasteiger charge is 2.43. The van der Waals surface area contributed by atoms with Gasteiger partial charge >= 0.3 is 0 Å². The van der Waals surface area contributed by atoms with Crippen LogP contribution in [-0.2, 0) is 0 Å². The Labute approximate surface area is 194 Å². The van der Waals surface area contributed by atoms with Crippen molar-refractivity contribution in [3.05, 3.63) is 107 Å². The van der Waals surface area contributed by atoms with Gasteiger partial charge in [0.1, 0.15) is 17.6 Å². The molecule has 4 aromatic rings. The Morgan fingerprint density at radius 3 is 2.59 bits per heavy atom. The van der Waals surface area contributed by atoms with Crippen LogP contribution in [0.3, 0.4) is 0 Å². The summed E-state index contributed by atoms with van der Waals surface area (Å²) < 4.78 is 15.5. The molecule has 0 spiro atoms. The Balaban J connectivity index is 1.69. The van der Waals surface area contributed by atoms with Crippen LogP contribution in [0.5, 0.6) is 5.75 Å². The highest BCUT2D eigenvalue weighted by molar-refractivity contribution is 7.80. The van der Waals surface area contributed by atoms with Gasteiger partial charge in [0.25, 0.3) is 0 Å². The summed E-state index contributed by atoms with van der Waals surface area (Å²) in [5.74, 6) is -0.242. The monoisotopic (exact) mass is 464 g/mol. The van der Waals surface area contributed by atoms with E-state index in [1.54, 1.807) is 36.5 Å². The van der Waals surface area contributed by atoms with Crippen LogP contribution < -0.4 is 10.2 Å². The third-order valence-corrected chi connectivity index (χ3v) is 6.03. The van der Waals surface area contributed by atoms with E-state index in [1.165, 1.54) is 12.1 Å². The van der Waals surface area contributed by atoms with Crippen LogP contribution in [0.25, 0.3) is 5.69 Å². The zero-order chi connectivity index (χ0) is 22.2. The maximum absolute atomic E-state index is 13.5. The van der Waals surface area contributed by atoms with Crippen LogP contribution in [0.2, 0.25) is 5.02 Å². The first-order chi connectivity index (χ1) is 15.5. The van der Waals surface area contributed by atoms with E-state index in [4.69, 9.17) is 23.8 Å². The summed E-state index contributed by atoms with van der Waals surface area (Å²) in [4.78, 5) is 6.39. The molecule has 1 aliphatic heterocycles. The standard InChI is InChI=1S/C24H18ClFN4OS/c25-15-6-11-21(31)20(14-15)30-23(22(28-24(30)32)18-4-1-2-12-27-18)19-5-3-13-29(19)17-9-7-16(26)8-10-17/h1-14,22-23,31H,(H,28,32). The SMILES string of the molecule is Oc1ccc(Cl)cc1N1C(=S)NC(c2ccccn2)C1c1cccn1-c1ccc(F)cc1. The molecule has 1 aliphatic rings. The Morgan fingerprint density at radius 1 is 1.03 bits per heavy atom. The second kappa shape index (κ2) is 8.26. The van der Waals surface area contributed by atoms with Crippen molar-refractivity contribution >= 4 is 34.6 Å². The molecule has 5 rings (SSSR count). The van der Waals surface area contributed by atoms with Crippen molar-refractivity contribution in [2.24, 2.45) is 0 Å². The molecular formula is C24H18ClFN4OS. The topological polar surface area (TPSA) is 53.3 Å². The lowest BCUT2D eigenvalue weighted by molar-refractivity contribution is 0.472. The molecule has 0 bridgehead atoms. The van der Waals surface area contributed by atoms with Crippen molar-refractivity contribution in [3.63, 3.8) is 0 Å². The summed E-state index contributed by atoms with van der Waals surface area (Å²) in [6, 6.07) is 20.1. The minimum atomic E-state index is -0.359. The van der Waals surface area contributed by atoms with Gasteiger partial charge in [0.05, 0.1) is 17.4 Å². The molecule has 2 N–H and O–H groups in total. The average molecular weight is 465 g/mol. The van der Waals surface area contributed by atoms with Crippen LogP contribution in [-0.4, -0.2) is 19.8 Å². The minimum absolute atomic E-state index is 0.0603. The quantitative estimate of drug-likeness (QED) is 0.388. The number of rotatable bonds is 4. The number of phenolic OH excluding ortho intramolecular Hbond substituents is 1. The van der Waals surface area contributed by atoms with E-state index in [0.717, 1.165) is 17.1 Å². The summed E-state index contributed by atoms with van der Waals surface area (Å²) >= 11 is 12.0. The maximum atomic E-state index is 13.5. The van der Waals surface area contributed by atoms with Gasteiger partial charge in [0.2, 0.25) is 0 Å². The van der Waals surface area contributed by atoms with Gasteiger partial charge in [-0.2, -0.15) is 0 Å². The predicted octanol–water partition coefficient (Wildman–Crippen LogP) is 5.55. The van der Waals surface area contributed by atoms with E-state index in [9.17, 15) is 9.50 Å². The van der Waals surface area contributed by atoms with Gasteiger partial charge in [-0.15, -0.1) is 0 Å². The van der Waals surface area contributed by atoms with Crippen LogP contribution in [0.1, 0.15) is 23.5 Å². The summed E-state index contributed by atoms with van der Waals surface area (Å²) in [6.45, 7) is 0. The Hall–Kier alpha value is -3.42. The van der Waals surface area contributed by atoms with Crippen molar-refractivity contribution in [3.8, 4) is 11.4 Å². The first kappa shape index (κ1) is 20.5. The van der Waals surface area contributed by atoms with Gasteiger partial charge in [-0.3, -0.25) is 4.98 Å². The maximum Gasteiger partial charge on any atom is 0.174 e. The lowest BCUT2D eigenvalue weighted by Gasteiger charge is -2.29. The smallest absolute Gasteiger partial charge is 0.174 e. The van der Waals surface area contributed by atoms with E-state index in [2.05, 4.69) is 10.3 Å². The fraction of sp³-hybridized carbons (Fsp3) is 0.0833. The van der Waals surface area contributed by atoms with Gasteiger partial charge in [-0.25, -0.2) is 4.39 Å². The van der Waals surface area contributed by atoms with Crippen molar-refractivity contribution in [2.75, 3.05) is 4.90 Å². The molecule has 8 heteroatoms. The zero-order valence-electron chi connectivity index (χ0n) is 16.7. The first-order valence-corrected chi connectivity index (χ1v) is 10.7. The molecule has 2 atom stereocenters. The van der Waals surface area contributed by atoms with E-state index < -0.39 is 0 Å². The van der Waals surface area contributed by atoms with Crippen LogP contribution in [0.15, 0.2) is 85.2 Å². The largest absolute Gasteiger partial charge is 0.506 e. The molecule has 160 valence electrons. The van der Waals surface area contributed by atoms with Crippen LogP contribution in [0, 0.1) is 5.82 Å². The number of aromatic hydroxyl groups is 1. The number of phenols is 1. The van der Waals surface area contributed by atoms with E-state index in [1.807, 2.05) is 46.0 Å². The number of aromatic nitrogens is 2. The number of hydrogen-bond acceptors (Lipinski definition) is 3. The van der Waals surface area contributed by atoms with Crippen molar-refractivity contribution in [1.29, 1.82) is 0 Å². The number of benzene rings is 2. The number of thiocarbonyl (C=S) groups is 1. The van der Waals surface area contributed by atoms with Crippen LogP contribution >= 0.6 is 23.8 Å². The highest BCUT2D eigenvalue weighted by atomic mass is 35.5. The molecule has 0 saturated carbocycles. The Morgan fingerprint density at radius 2 is 1.84 bits per heavy atom. The Bertz CT molecular complexity index is 1280. The van der Waals surface area contributed by atoms with Crippen molar-refractivity contribution < 1.29 is 9.50 Å². The Kier molecular flexibility index (Phi) is 5.28. The number of hydrogen-bond donors (Lipinski definition) is 2. The summed E-state index contributed by atoms with van der Waals surface area (Å²) in [5.41, 5.74) is 2.99. The first-order valence-electron chi connectivity index (χ1n) is 9.95. The molecule has 3 heterocycles. The average Bonchev–Trinajstić information content (AvgIpc) is 3.41. The summed E-state index contributed by atoms with van der Waals surface area (Å²) in [6.07, 6.45) is 3.64. The van der Waals surface area contributed by atoms with E-state index in [0.29, 0.717) is 15.8 Å². The van der Waals surface area contributed by atoms with Gasteiger partial charge < -0.3 is 19.9 Å². The molecule has 2 aromatic heterocycles. The molecule has 2 aromatic carbocycles. The molecule has 32 heavy (non-hydrogen) atoms. The molecule has 5 nitrogen and oxygen atoms in total. The number of halogens is 2. The fourth-order valence-electron chi connectivity index (χ4n) is 4.08. The third kappa shape index (κ3) is 3.59. The van der Waals surface area contributed by atoms with Gasteiger partial charge in [0.15, 0.2) is 5.11 Å². The van der Waals surface area contributed by atoms with Crippen molar-refractivity contribution in [1.82, 2.24) is 14.9 Å². The third-order valence-electron chi connectivity index (χ3n) is 5.48. The molecule has 0 radical (unpaired) electrons. The fourth-order valence-corrected chi connectivity index (χ4v) is 4.58. The summed E-state index contributed by atoms with van der Waals surface area (Å²) in [5, 5.41) is 14.9. The second-order valence-electron chi connectivity index (χ2n) is 7.41. The summed E-state index contributed by atoms with van der Waals surface area (Å²) in [7, 11) is 0. The van der Waals surface area contributed by atoms with Gasteiger partial charge in [-0.05, 0) is 78.9 Å². The van der Waals surface area contributed by atoms with E-state index >= 15 is 0 Å². The van der Waals surface area contributed by atoms with Gasteiger partial charge in [0, 0.05) is 28.8 Å². The molecule has 1 fully saturated rings. The second-order valence-corrected chi connectivity index (χ2v) is 8.23. The zero-order valence-corrected chi connectivity index (χ0v) is 18.3. The van der Waals surface area contributed by atoms with Crippen molar-refractivity contribution in [2.45, 2.75) is 12.1 Å². The lowest BCUT2D eigenvalue weighted by atomic mass is 10.0.